The van der Waals surface area contributed by atoms with Crippen LogP contribution in [0.3, 0.4) is 0 Å². The molecule has 1 aliphatic heterocycles. The fraction of sp³-hybridized carbons (Fsp3) is 1.00. The summed E-state index contributed by atoms with van der Waals surface area (Å²) in [6, 6.07) is 0. The molecule has 2 N–H and O–H groups in total. The largest absolute Gasteiger partial charge is 0.376 e. The highest BCUT2D eigenvalue weighted by Gasteiger charge is 2.22. The third kappa shape index (κ3) is 1.96. The molecule has 2 nitrogen and oxygen atoms in total. The van der Waals surface area contributed by atoms with Crippen molar-refractivity contribution in [1.82, 2.24) is 0 Å². The van der Waals surface area contributed by atoms with E-state index in [4.69, 9.17) is 10.5 Å². The minimum atomic E-state index is 0.414. The maximum Gasteiger partial charge on any atom is 0.0553 e. The summed E-state index contributed by atoms with van der Waals surface area (Å²) in [5, 5.41) is 0. The number of rotatable bonds is 1. The van der Waals surface area contributed by atoms with Crippen molar-refractivity contribution in [2.75, 3.05) is 6.54 Å². The Morgan fingerprint density at radius 3 is 2.20 bits per heavy atom. The molecule has 0 aromatic heterocycles. The van der Waals surface area contributed by atoms with Crippen LogP contribution in [0.4, 0.5) is 0 Å². The van der Waals surface area contributed by atoms with Crippen LogP contribution >= 0.6 is 0 Å². The van der Waals surface area contributed by atoms with Gasteiger partial charge < -0.3 is 10.5 Å². The van der Waals surface area contributed by atoms with Crippen molar-refractivity contribution in [1.29, 1.82) is 0 Å². The standard InChI is InChI=1S/C8H17NO/c1-6-3-8(5-9)4-7(2)10-6/h6-8H,3-5,9H2,1-2H3. The fourth-order valence-electron chi connectivity index (χ4n) is 1.74. The zero-order chi connectivity index (χ0) is 7.56. The quantitative estimate of drug-likeness (QED) is 0.597. The summed E-state index contributed by atoms with van der Waals surface area (Å²) in [7, 11) is 0. The molecule has 1 saturated heterocycles. The highest BCUT2D eigenvalue weighted by Crippen LogP contribution is 2.23. The van der Waals surface area contributed by atoms with E-state index >= 15 is 0 Å². The van der Waals surface area contributed by atoms with Gasteiger partial charge >= 0.3 is 0 Å². The zero-order valence-corrected chi connectivity index (χ0v) is 6.84. The Kier molecular flexibility index (Phi) is 2.69. The lowest BCUT2D eigenvalue weighted by Crippen LogP contribution is -2.32. The molecular formula is C8H17NO. The Hall–Kier alpha value is -0.0800. The average molecular weight is 143 g/mol. The third-order valence-electron chi connectivity index (χ3n) is 2.13. The van der Waals surface area contributed by atoms with Gasteiger partial charge in [0, 0.05) is 0 Å². The van der Waals surface area contributed by atoms with E-state index in [9.17, 15) is 0 Å². The van der Waals surface area contributed by atoms with Crippen molar-refractivity contribution in [3.8, 4) is 0 Å². The monoisotopic (exact) mass is 143 g/mol. The highest BCUT2D eigenvalue weighted by atomic mass is 16.5. The molecule has 2 atom stereocenters. The van der Waals surface area contributed by atoms with Crippen LogP contribution in [0.1, 0.15) is 26.7 Å². The number of nitrogens with two attached hydrogens (primary N) is 1. The topological polar surface area (TPSA) is 35.2 Å². The summed E-state index contributed by atoms with van der Waals surface area (Å²) in [6.45, 7) is 5.06. The molecule has 0 amide bonds. The first-order valence-electron chi connectivity index (χ1n) is 4.08. The first-order chi connectivity index (χ1) is 4.72. The normalized spacial score (nSPS) is 41.7. The van der Waals surface area contributed by atoms with Gasteiger partial charge in [-0.1, -0.05) is 0 Å². The summed E-state index contributed by atoms with van der Waals surface area (Å²) in [5.74, 6) is 0.693. The smallest absolute Gasteiger partial charge is 0.0553 e. The predicted octanol–water partition coefficient (Wildman–Crippen LogP) is 1.15. The minimum absolute atomic E-state index is 0.414. The molecule has 2 heteroatoms. The lowest BCUT2D eigenvalue weighted by Gasteiger charge is -2.31. The average Bonchev–Trinajstić information content (AvgIpc) is 1.85. The van der Waals surface area contributed by atoms with E-state index in [2.05, 4.69) is 13.8 Å². The molecule has 0 spiro atoms. The van der Waals surface area contributed by atoms with Crippen molar-refractivity contribution in [2.45, 2.75) is 38.9 Å². The van der Waals surface area contributed by atoms with Gasteiger partial charge in [-0.15, -0.1) is 0 Å². The van der Waals surface area contributed by atoms with Crippen LogP contribution in [0.2, 0.25) is 0 Å². The van der Waals surface area contributed by atoms with Gasteiger partial charge in [0.05, 0.1) is 12.2 Å². The van der Waals surface area contributed by atoms with Crippen LogP contribution in [-0.4, -0.2) is 18.8 Å². The lowest BCUT2D eigenvalue weighted by molar-refractivity contribution is -0.0502. The van der Waals surface area contributed by atoms with Crippen LogP contribution in [0.15, 0.2) is 0 Å². The van der Waals surface area contributed by atoms with Gasteiger partial charge in [-0.05, 0) is 39.2 Å². The van der Waals surface area contributed by atoms with E-state index in [1.165, 1.54) is 0 Å². The molecule has 1 fully saturated rings. The molecule has 1 heterocycles. The summed E-state index contributed by atoms with van der Waals surface area (Å²) < 4.78 is 5.56. The van der Waals surface area contributed by atoms with Gasteiger partial charge in [-0.25, -0.2) is 0 Å². The van der Waals surface area contributed by atoms with Gasteiger partial charge in [0.25, 0.3) is 0 Å². The Bertz CT molecular complexity index is 95.4. The second kappa shape index (κ2) is 3.35. The van der Waals surface area contributed by atoms with Gasteiger partial charge in [0.1, 0.15) is 0 Å². The predicted molar refractivity (Wildman–Crippen MR) is 41.8 cm³/mol. The van der Waals surface area contributed by atoms with E-state index in [0.717, 1.165) is 19.4 Å². The first-order valence-corrected chi connectivity index (χ1v) is 4.08. The Balaban J connectivity index is 2.35. The van der Waals surface area contributed by atoms with Crippen LogP contribution in [0.5, 0.6) is 0 Å². The van der Waals surface area contributed by atoms with Crippen molar-refractivity contribution < 1.29 is 4.74 Å². The Morgan fingerprint density at radius 2 is 1.80 bits per heavy atom. The Labute approximate surface area is 62.7 Å². The maximum atomic E-state index is 5.57. The fourth-order valence-corrected chi connectivity index (χ4v) is 1.74. The second-order valence-electron chi connectivity index (χ2n) is 3.33. The highest BCUT2D eigenvalue weighted by molar-refractivity contribution is 4.73. The van der Waals surface area contributed by atoms with Crippen molar-refractivity contribution in [3.63, 3.8) is 0 Å². The van der Waals surface area contributed by atoms with E-state index in [1.54, 1.807) is 0 Å². The molecule has 0 saturated carbocycles. The summed E-state index contributed by atoms with van der Waals surface area (Å²) >= 11 is 0. The van der Waals surface area contributed by atoms with Crippen LogP contribution < -0.4 is 5.73 Å². The third-order valence-corrected chi connectivity index (χ3v) is 2.13. The minimum Gasteiger partial charge on any atom is -0.376 e. The van der Waals surface area contributed by atoms with Gasteiger partial charge in [0.2, 0.25) is 0 Å². The van der Waals surface area contributed by atoms with Crippen molar-refractivity contribution in [2.24, 2.45) is 11.7 Å². The van der Waals surface area contributed by atoms with Gasteiger partial charge in [0.15, 0.2) is 0 Å². The van der Waals surface area contributed by atoms with E-state index in [0.29, 0.717) is 18.1 Å². The molecule has 1 aliphatic rings. The molecule has 2 unspecified atom stereocenters. The van der Waals surface area contributed by atoms with E-state index in [-0.39, 0.29) is 0 Å². The van der Waals surface area contributed by atoms with Crippen molar-refractivity contribution in [3.05, 3.63) is 0 Å². The summed E-state index contributed by atoms with van der Waals surface area (Å²) in [6.07, 6.45) is 3.11. The molecule has 0 aliphatic carbocycles. The van der Waals surface area contributed by atoms with Crippen LogP contribution in [0, 0.1) is 5.92 Å². The zero-order valence-electron chi connectivity index (χ0n) is 6.84. The molecular weight excluding hydrogens is 126 g/mol. The summed E-state index contributed by atoms with van der Waals surface area (Å²) in [5.41, 5.74) is 5.57. The Morgan fingerprint density at radius 1 is 1.30 bits per heavy atom. The first kappa shape index (κ1) is 8.02. The van der Waals surface area contributed by atoms with Gasteiger partial charge in [-0.2, -0.15) is 0 Å². The van der Waals surface area contributed by atoms with E-state index in [1.807, 2.05) is 0 Å². The lowest BCUT2D eigenvalue weighted by atomic mass is 9.93. The molecule has 0 aromatic carbocycles. The second-order valence-corrected chi connectivity index (χ2v) is 3.33. The van der Waals surface area contributed by atoms with Gasteiger partial charge in [-0.3, -0.25) is 0 Å². The summed E-state index contributed by atoms with van der Waals surface area (Å²) in [4.78, 5) is 0. The van der Waals surface area contributed by atoms with Crippen LogP contribution in [-0.2, 0) is 4.74 Å². The molecule has 60 valence electrons. The molecule has 10 heavy (non-hydrogen) atoms. The number of hydrogen-bond donors (Lipinski definition) is 1. The van der Waals surface area contributed by atoms with Crippen molar-refractivity contribution >= 4 is 0 Å². The van der Waals surface area contributed by atoms with Crippen LogP contribution in [0.25, 0.3) is 0 Å². The SMILES string of the molecule is CC1CC(CN)CC(C)O1. The molecule has 0 bridgehead atoms. The molecule has 1 rings (SSSR count). The maximum absolute atomic E-state index is 5.57. The molecule has 0 radical (unpaired) electrons. The molecule has 0 aromatic rings. The number of hydrogen-bond acceptors (Lipinski definition) is 2. The van der Waals surface area contributed by atoms with E-state index < -0.39 is 0 Å². The number of ether oxygens (including phenoxy) is 1.